The summed E-state index contributed by atoms with van der Waals surface area (Å²) in [5.41, 5.74) is 5.06. The van der Waals surface area contributed by atoms with Gasteiger partial charge >= 0.3 is 0 Å². The Hall–Kier alpha value is -3.10. The summed E-state index contributed by atoms with van der Waals surface area (Å²) >= 11 is 1.87. The van der Waals surface area contributed by atoms with Crippen LogP contribution < -0.4 is 4.74 Å². The lowest BCUT2D eigenvalue weighted by Gasteiger charge is -2.21. The molecule has 0 fully saturated rings. The Morgan fingerprint density at radius 1 is 0.667 bits per heavy atom. The zero-order chi connectivity index (χ0) is 17.8. The van der Waals surface area contributed by atoms with Gasteiger partial charge in [0.2, 0.25) is 0 Å². The minimum absolute atomic E-state index is 0.916. The molecule has 128 valence electrons. The highest BCUT2D eigenvalue weighted by molar-refractivity contribution is 7.25. The van der Waals surface area contributed by atoms with E-state index in [9.17, 15) is 0 Å². The summed E-state index contributed by atoms with van der Waals surface area (Å²) in [5.74, 6) is 1.95. The smallest absolute Gasteiger partial charge is 0.131 e. The zero-order valence-corrected chi connectivity index (χ0v) is 15.4. The summed E-state index contributed by atoms with van der Waals surface area (Å²) in [5, 5.41) is 2.70. The molecule has 0 amide bonds. The van der Waals surface area contributed by atoms with Gasteiger partial charge in [-0.25, -0.2) is 0 Å². The highest BCUT2D eigenvalue weighted by atomic mass is 32.1. The molecule has 4 aromatic carbocycles. The molecule has 0 spiro atoms. The van der Waals surface area contributed by atoms with Crippen LogP contribution in [0.4, 0.5) is 0 Å². The summed E-state index contributed by atoms with van der Waals surface area (Å²) in [6.45, 7) is 0. The van der Waals surface area contributed by atoms with Gasteiger partial charge in [-0.1, -0.05) is 54.6 Å². The first-order valence-electron chi connectivity index (χ1n) is 9.16. The van der Waals surface area contributed by atoms with Gasteiger partial charge in [-0.3, -0.25) is 0 Å². The third-order valence-corrected chi connectivity index (χ3v) is 6.48. The lowest BCUT2D eigenvalue weighted by atomic mass is 9.94. The Balaban J connectivity index is 1.55. The van der Waals surface area contributed by atoms with E-state index in [2.05, 4.69) is 72.8 Å². The fraction of sp³-hybridized carbons (Fsp3) is 0.0400. The number of benzene rings is 4. The van der Waals surface area contributed by atoms with Crippen LogP contribution in [0.15, 0.2) is 84.9 Å². The summed E-state index contributed by atoms with van der Waals surface area (Å²) in [4.78, 5) is 0. The number of thiophene rings is 1. The van der Waals surface area contributed by atoms with Crippen LogP contribution in [-0.4, -0.2) is 0 Å². The van der Waals surface area contributed by atoms with E-state index in [1.165, 1.54) is 42.4 Å². The molecule has 1 nitrogen and oxygen atoms in total. The lowest BCUT2D eigenvalue weighted by Crippen LogP contribution is -2.02. The quantitative estimate of drug-likeness (QED) is 0.295. The Kier molecular flexibility index (Phi) is 3.17. The van der Waals surface area contributed by atoms with Crippen LogP contribution >= 0.6 is 11.3 Å². The molecule has 27 heavy (non-hydrogen) atoms. The van der Waals surface area contributed by atoms with E-state index >= 15 is 0 Å². The minimum atomic E-state index is 0.916. The van der Waals surface area contributed by atoms with E-state index < -0.39 is 0 Å². The zero-order valence-electron chi connectivity index (χ0n) is 14.6. The highest BCUT2D eigenvalue weighted by Crippen LogP contribution is 2.42. The fourth-order valence-corrected chi connectivity index (χ4v) is 5.21. The van der Waals surface area contributed by atoms with E-state index in [1.54, 1.807) is 0 Å². The Bertz CT molecular complexity index is 1330. The lowest BCUT2D eigenvalue weighted by molar-refractivity contribution is 0.460. The van der Waals surface area contributed by atoms with Gasteiger partial charge in [0.1, 0.15) is 11.5 Å². The van der Waals surface area contributed by atoms with E-state index in [1.807, 2.05) is 23.5 Å². The van der Waals surface area contributed by atoms with Crippen LogP contribution in [0.2, 0.25) is 0 Å². The second kappa shape index (κ2) is 5.70. The predicted molar refractivity (Wildman–Crippen MR) is 114 cm³/mol. The minimum Gasteiger partial charge on any atom is -0.457 e. The Morgan fingerprint density at radius 3 is 2.48 bits per heavy atom. The summed E-state index contributed by atoms with van der Waals surface area (Å²) in [7, 11) is 0. The van der Waals surface area contributed by atoms with Crippen molar-refractivity contribution in [1.29, 1.82) is 0 Å². The van der Waals surface area contributed by atoms with Crippen LogP contribution in [0.1, 0.15) is 11.1 Å². The molecule has 0 saturated heterocycles. The van der Waals surface area contributed by atoms with Crippen molar-refractivity contribution in [1.82, 2.24) is 0 Å². The van der Waals surface area contributed by atoms with Crippen molar-refractivity contribution >= 4 is 31.5 Å². The van der Waals surface area contributed by atoms with E-state index in [0.717, 1.165) is 17.9 Å². The van der Waals surface area contributed by atoms with E-state index in [-0.39, 0.29) is 0 Å². The van der Waals surface area contributed by atoms with Gasteiger partial charge in [-0.15, -0.1) is 11.3 Å². The third-order valence-electron chi connectivity index (χ3n) is 5.35. The molecule has 2 heterocycles. The number of hydrogen-bond acceptors (Lipinski definition) is 2. The Morgan fingerprint density at radius 2 is 1.48 bits per heavy atom. The molecule has 2 heteroatoms. The van der Waals surface area contributed by atoms with E-state index in [0.29, 0.717) is 0 Å². The van der Waals surface area contributed by atoms with Crippen molar-refractivity contribution in [3.63, 3.8) is 0 Å². The first-order valence-corrected chi connectivity index (χ1v) is 9.98. The molecule has 0 radical (unpaired) electrons. The van der Waals surface area contributed by atoms with Crippen LogP contribution in [0.25, 0.3) is 31.3 Å². The topological polar surface area (TPSA) is 9.23 Å². The molecule has 0 atom stereocenters. The van der Waals surface area contributed by atoms with Crippen molar-refractivity contribution in [3.05, 3.63) is 96.1 Å². The van der Waals surface area contributed by atoms with E-state index in [4.69, 9.17) is 4.74 Å². The molecule has 0 unspecified atom stereocenters. The second-order valence-corrected chi connectivity index (χ2v) is 8.07. The maximum atomic E-state index is 6.11. The van der Waals surface area contributed by atoms with Crippen LogP contribution in [0.3, 0.4) is 0 Å². The van der Waals surface area contributed by atoms with Crippen molar-refractivity contribution < 1.29 is 4.74 Å². The molecule has 0 saturated carbocycles. The van der Waals surface area contributed by atoms with Crippen molar-refractivity contribution in [2.24, 2.45) is 0 Å². The van der Waals surface area contributed by atoms with Crippen molar-refractivity contribution in [2.75, 3.05) is 0 Å². The van der Waals surface area contributed by atoms with Gasteiger partial charge in [0.25, 0.3) is 0 Å². The predicted octanol–water partition coefficient (Wildman–Crippen LogP) is 7.42. The van der Waals surface area contributed by atoms with Gasteiger partial charge in [-0.05, 0) is 52.6 Å². The highest BCUT2D eigenvalue weighted by Gasteiger charge is 2.18. The SMILES string of the molecule is c1ccc2c(c1)Cc1cc(-c3cccc4sc5ccccc5c34)ccc1O2. The molecule has 1 aliphatic heterocycles. The molecule has 0 aliphatic carbocycles. The van der Waals surface area contributed by atoms with Crippen LogP contribution in [-0.2, 0) is 6.42 Å². The molecule has 1 aliphatic rings. The molecule has 5 aromatic rings. The van der Waals surface area contributed by atoms with Crippen LogP contribution in [0, 0.1) is 0 Å². The van der Waals surface area contributed by atoms with Gasteiger partial charge in [0, 0.05) is 26.6 Å². The number of hydrogen-bond donors (Lipinski definition) is 0. The average molecular weight is 364 g/mol. The number of ether oxygens (including phenoxy) is 1. The standard InChI is InChI=1S/C25H16OS/c1-3-9-21-17(6-1)15-18-14-16(12-13-22(18)26-21)19-8-5-11-24-25(19)20-7-2-4-10-23(20)27-24/h1-14H,15H2. The average Bonchev–Trinajstić information content (AvgIpc) is 3.10. The normalized spacial score (nSPS) is 12.6. The second-order valence-electron chi connectivity index (χ2n) is 6.99. The Labute approximate surface area is 161 Å². The largest absolute Gasteiger partial charge is 0.457 e. The molecule has 6 rings (SSSR count). The summed E-state index contributed by atoms with van der Waals surface area (Å²) in [6, 6.07) is 30.2. The maximum Gasteiger partial charge on any atom is 0.131 e. The number of para-hydroxylation sites is 1. The fourth-order valence-electron chi connectivity index (χ4n) is 4.07. The monoisotopic (exact) mass is 364 g/mol. The first-order chi connectivity index (χ1) is 13.4. The van der Waals surface area contributed by atoms with Crippen molar-refractivity contribution in [3.8, 4) is 22.6 Å². The van der Waals surface area contributed by atoms with Gasteiger partial charge in [0.05, 0.1) is 0 Å². The first kappa shape index (κ1) is 15.0. The van der Waals surface area contributed by atoms with Gasteiger partial charge in [0.15, 0.2) is 0 Å². The van der Waals surface area contributed by atoms with Gasteiger partial charge < -0.3 is 4.74 Å². The molecular formula is C25H16OS. The summed E-state index contributed by atoms with van der Waals surface area (Å²) in [6.07, 6.45) is 0.916. The summed E-state index contributed by atoms with van der Waals surface area (Å²) < 4.78 is 8.80. The molecule has 0 bridgehead atoms. The number of rotatable bonds is 1. The number of fused-ring (bicyclic) bond motifs is 5. The van der Waals surface area contributed by atoms with Crippen LogP contribution in [0.5, 0.6) is 11.5 Å². The van der Waals surface area contributed by atoms with Gasteiger partial charge in [-0.2, -0.15) is 0 Å². The molecule has 1 aromatic heterocycles. The molecule has 0 N–H and O–H groups in total. The molecular weight excluding hydrogens is 348 g/mol. The van der Waals surface area contributed by atoms with Crippen molar-refractivity contribution in [2.45, 2.75) is 6.42 Å². The maximum absolute atomic E-state index is 6.11. The third kappa shape index (κ3) is 2.30.